The van der Waals surface area contributed by atoms with E-state index in [9.17, 15) is 4.79 Å². The quantitative estimate of drug-likeness (QED) is 0.848. The lowest BCUT2D eigenvalue weighted by Gasteiger charge is -2.39. The lowest BCUT2D eigenvalue weighted by molar-refractivity contribution is 0.0869. The monoisotopic (exact) mass is 317 g/mol. The number of benzene rings is 1. The van der Waals surface area contributed by atoms with E-state index >= 15 is 0 Å². The summed E-state index contributed by atoms with van der Waals surface area (Å²) in [7, 11) is 8.29. The molecule has 1 aromatic carbocycles. The van der Waals surface area contributed by atoms with E-state index in [4.69, 9.17) is 0 Å². The summed E-state index contributed by atoms with van der Waals surface area (Å²) in [5.74, 6) is 0.0285. The molecular formula is C19H31N3O. The molecule has 4 nitrogen and oxygen atoms in total. The summed E-state index contributed by atoms with van der Waals surface area (Å²) in [5.41, 5.74) is 1.95. The molecule has 1 amide bonds. The molecule has 0 spiro atoms. The van der Waals surface area contributed by atoms with Gasteiger partial charge in [-0.05, 0) is 51.2 Å². The van der Waals surface area contributed by atoms with E-state index in [1.807, 2.05) is 43.3 Å². The molecule has 0 saturated heterocycles. The Morgan fingerprint density at radius 1 is 1.00 bits per heavy atom. The molecule has 1 fully saturated rings. The third-order valence-corrected chi connectivity index (χ3v) is 5.21. The van der Waals surface area contributed by atoms with Gasteiger partial charge in [-0.25, -0.2) is 0 Å². The zero-order chi connectivity index (χ0) is 16.9. The third kappa shape index (κ3) is 4.47. The molecule has 0 aromatic heterocycles. The highest BCUT2D eigenvalue weighted by molar-refractivity contribution is 5.94. The van der Waals surface area contributed by atoms with Crippen molar-refractivity contribution in [2.45, 2.75) is 44.1 Å². The van der Waals surface area contributed by atoms with Crippen molar-refractivity contribution in [3.8, 4) is 0 Å². The Morgan fingerprint density at radius 3 is 2.04 bits per heavy atom. The molecule has 0 heterocycles. The van der Waals surface area contributed by atoms with Gasteiger partial charge in [0.2, 0.25) is 0 Å². The van der Waals surface area contributed by atoms with Crippen LogP contribution in [0.25, 0.3) is 0 Å². The summed E-state index contributed by atoms with van der Waals surface area (Å²) in [5, 5.41) is 3.17. The maximum Gasteiger partial charge on any atom is 0.251 e. The zero-order valence-corrected chi connectivity index (χ0v) is 15.1. The average Bonchev–Trinajstić information content (AvgIpc) is 2.79. The van der Waals surface area contributed by atoms with Crippen LogP contribution in [0, 0.1) is 0 Å². The second-order valence-electron chi connectivity index (χ2n) is 7.16. The minimum absolute atomic E-state index is 0.0285. The van der Waals surface area contributed by atoms with Crippen molar-refractivity contribution in [1.29, 1.82) is 0 Å². The largest absolute Gasteiger partial charge is 0.378 e. The van der Waals surface area contributed by atoms with Crippen LogP contribution in [0.5, 0.6) is 0 Å². The molecule has 23 heavy (non-hydrogen) atoms. The van der Waals surface area contributed by atoms with Crippen molar-refractivity contribution in [2.75, 3.05) is 39.6 Å². The summed E-state index contributed by atoms with van der Waals surface area (Å²) >= 11 is 0. The van der Waals surface area contributed by atoms with Gasteiger partial charge in [0.15, 0.2) is 0 Å². The highest BCUT2D eigenvalue weighted by Gasteiger charge is 2.33. The van der Waals surface area contributed by atoms with Crippen molar-refractivity contribution in [1.82, 2.24) is 10.2 Å². The van der Waals surface area contributed by atoms with Crippen LogP contribution in [0.4, 0.5) is 5.69 Å². The van der Waals surface area contributed by atoms with Gasteiger partial charge in [0, 0.05) is 37.4 Å². The first kappa shape index (κ1) is 17.8. The number of nitrogens with zero attached hydrogens (tertiary/aromatic N) is 2. The number of anilines is 1. The Balaban J connectivity index is 2.01. The molecule has 1 aromatic rings. The topological polar surface area (TPSA) is 35.6 Å². The standard InChI is InChI=1S/C19H31N3O/c1-21(2)17-11-9-16(10-12-17)18(23)20-15-19(22(3)4)13-7-5-6-8-14-19/h9-12H,5-8,13-15H2,1-4H3,(H,20,23). The summed E-state index contributed by atoms with van der Waals surface area (Å²) in [6.07, 6.45) is 7.47. The van der Waals surface area contributed by atoms with Gasteiger partial charge in [-0.1, -0.05) is 25.7 Å². The fraction of sp³-hybridized carbons (Fsp3) is 0.632. The second kappa shape index (κ2) is 7.82. The van der Waals surface area contributed by atoms with Gasteiger partial charge in [-0.15, -0.1) is 0 Å². The van der Waals surface area contributed by atoms with Crippen LogP contribution < -0.4 is 10.2 Å². The minimum Gasteiger partial charge on any atom is -0.378 e. The molecule has 0 atom stereocenters. The number of carbonyl (C=O) groups excluding carboxylic acids is 1. The highest BCUT2D eigenvalue weighted by Crippen LogP contribution is 2.30. The van der Waals surface area contributed by atoms with E-state index in [1.165, 1.54) is 38.5 Å². The van der Waals surface area contributed by atoms with E-state index in [0.717, 1.165) is 17.8 Å². The third-order valence-electron chi connectivity index (χ3n) is 5.21. The van der Waals surface area contributed by atoms with Crippen molar-refractivity contribution < 1.29 is 4.79 Å². The molecule has 1 aliphatic carbocycles. The molecule has 0 unspecified atom stereocenters. The van der Waals surface area contributed by atoms with Gasteiger partial charge in [0.05, 0.1) is 0 Å². The highest BCUT2D eigenvalue weighted by atomic mass is 16.1. The Labute approximate surface area is 140 Å². The Morgan fingerprint density at radius 2 is 1.57 bits per heavy atom. The molecule has 1 aliphatic rings. The van der Waals surface area contributed by atoms with Crippen molar-refractivity contribution in [3.05, 3.63) is 29.8 Å². The molecular weight excluding hydrogens is 286 g/mol. The smallest absolute Gasteiger partial charge is 0.251 e. The second-order valence-corrected chi connectivity index (χ2v) is 7.16. The molecule has 0 radical (unpaired) electrons. The molecule has 128 valence electrons. The molecule has 0 bridgehead atoms. The maximum atomic E-state index is 12.5. The SMILES string of the molecule is CN(C)c1ccc(C(=O)NCC2(N(C)C)CCCCCC2)cc1. The summed E-state index contributed by atoms with van der Waals surface area (Å²) in [4.78, 5) is 16.8. The number of likely N-dealkylation sites (N-methyl/N-ethyl adjacent to an activating group) is 1. The Bertz CT molecular complexity index is 500. The zero-order valence-electron chi connectivity index (χ0n) is 15.1. The van der Waals surface area contributed by atoms with E-state index in [-0.39, 0.29) is 11.4 Å². The molecule has 0 aliphatic heterocycles. The Hall–Kier alpha value is -1.55. The van der Waals surface area contributed by atoms with Crippen molar-refractivity contribution in [2.24, 2.45) is 0 Å². The van der Waals surface area contributed by atoms with Crippen LogP contribution in [0.15, 0.2) is 24.3 Å². The fourth-order valence-corrected chi connectivity index (χ4v) is 3.43. The molecule has 1 N–H and O–H groups in total. The lowest BCUT2D eigenvalue weighted by atomic mass is 9.88. The first-order valence-corrected chi connectivity index (χ1v) is 8.68. The molecule has 1 saturated carbocycles. The van der Waals surface area contributed by atoms with Gasteiger partial charge in [-0.2, -0.15) is 0 Å². The molecule has 4 heteroatoms. The number of amides is 1. The summed E-state index contributed by atoms with van der Waals surface area (Å²) in [6, 6.07) is 7.78. The fourth-order valence-electron chi connectivity index (χ4n) is 3.43. The van der Waals surface area contributed by atoms with Crippen LogP contribution in [-0.2, 0) is 0 Å². The van der Waals surface area contributed by atoms with Gasteiger partial charge in [0.1, 0.15) is 0 Å². The number of rotatable bonds is 5. The van der Waals surface area contributed by atoms with Gasteiger partial charge in [0.25, 0.3) is 5.91 Å². The minimum atomic E-state index is 0.0285. The van der Waals surface area contributed by atoms with Crippen LogP contribution >= 0.6 is 0 Å². The number of nitrogens with one attached hydrogen (secondary N) is 1. The van der Waals surface area contributed by atoms with E-state index in [0.29, 0.717) is 0 Å². The van der Waals surface area contributed by atoms with E-state index < -0.39 is 0 Å². The summed E-state index contributed by atoms with van der Waals surface area (Å²) < 4.78 is 0. The van der Waals surface area contributed by atoms with Gasteiger partial charge >= 0.3 is 0 Å². The lowest BCUT2D eigenvalue weighted by Crippen LogP contribution is -2.52. The van der Waals surface area contributed by atoms with Crippen LogP contribution in [0.2, 0.25) is 0 Å². The first-order chi connectivity index (χ1) is 10.9. The van der Waals surface area contributed by atoms with Gasteiger partial charge < -0.3 is 15.1 Å². The number of hydrogen-bond donors (Lipinski definition) is 1. The summed E-state index contributed by atoms with van der Waals surface area (Å²) in [6.45, 7) is 0.730. The van der Waals surface area contributed by atoms with E-state index in [2.05, 4.69) is 24.3 Å². The number of carbonyl (C=O) groups is 1. The van der Waals surface area contributed by atoms with Crippen molar-refractivity contribution >= 4 is 11.6 Å². The van der Waals surface area contributed by atoms with E-state index in [1.54, 1.807) is 0 Å². The van der Waals surface area contributed by atoms with Crippen LogP contribution in [0.3, 0.4) is 0 Å². The normalized spacial score (nSPS) is 17.6. The predicted octanol–water partition coefficient (Wildman–Crippen LogP) is 3.14. The molecule has 2 rings (SSSR count). The van der Waals surface area contributed by atoms with Gasteiger partial charge in [-0.3, -0.25) is 4.79 Å². The average molecular weight is 317 g/mol. The van der Waals surface area contributed by atoms with Crippen LogP contribution in [0.1, 0.15) is 48.9 Å². The maximum absolute atomic E-state index is 12.5. The van der Waals surface area contributed by atoms with Crippen LogP contribution in [-0.4, -0.2) is 51.1 Å². The Kier molecular flexibility index (Phi) is 6.05. The first-order valence-electron chi connectivity index (χ1n) is 8.68. The van der Waals surface area contributed by atoms with Crippen molar-refractivity contribution in [3.63, 3.8) is 0 Å². The predicted molar refractivity (Wildman–Crippen MR) is 97.2 cm³/mol. The number of hydrogen-bond acceptors (Lipinski definition) is 3.